The van der Waals surface area contributed by atoms with Gasteiger partial charge in [-0.1, -0.05) is 25.0 Å². The van der Waals surface area contributed by atoms with Gasteiger partial charge in [-0.25, -0.2) is 8.42 Å². The van der Waals surface area contributed by atoms with Crippen LogP contribution in [0.4, 0.5) is 0 Å². The van der Waals surface area contributed by atoms with E-state index >= 15 is 0 Å². The number of piperazine rings is 1. The van der Waals surface area contributed by atoms with Gasteiger partial charge in [0.2, 0.25) is 10.0 Å². The average molecular weight is 378 g/mol. The SMILES string of the molecule is CCCCS(=O)(=O)N1CCN(Cc2cc3cc(C)ccc3[nH]c2=O)CC1. The number of nitrogens with zero attached hydrogens (tertiary/aromatic N) is 2. The van der Waals surface area contributed by atoms with E-state index in [1.807, 2.05) is 32.0 Å². The summed E-state index contributed by atoms with van der Waals surface area (Å²) < 4.78 is 26.2. The summed E-state index contributed by atoms with van der Waals surface area (Å²) in [5, 5.41) is 1.03. The number of benzene rings is 1. The highest BCUT2D eigenvalue weighted by atomic mass is 32.2. The molecule has 2 heterocycles. The molecule has 0 aliphatic carbocycles. The summed E-state index contributed by atoms with van der Waals surface area (Å²) in [6, 6.07) is 7.92. The van der Waals surface area contributed by atoms with Crippen molar-refractivity contribution in [2.24, 2.45) is 0 Å². The molecule has 2 aromatic rings. The second kappa shape index (κ2) is 7.90. The van der Waals surface area contributed by atoms with Crippen molar-refractivity contribution < 1.29 is 8.42 Å². The van der Waals surface area contributed by atoms with Crippen LogP contribution in [0.5, 0.6) is 0 Å². The Bertz CT molecular complexity index is 929. The van der Waals surface area contributed by atoms with E-state index in [9.17, 15) is 13.2 Å². The van der Waals surface area contributed by atoms with Gasteiger partial charge in [-0.15, -0.1) is 0 Å². The fraction of sp³-hybridized carbons (Fsp3) is 0.526. The first-order chi connectivity index (χ1) is 12.4. The van der Waals surface area contributed by atoms with Crippen molar-refractivity contribution in [1.29, 1.82) is 0 Å². The number of hydrogen-bond donors (Lipinski definition) is 1. The number of unbranched alkanes of at least 4 members (excludes halogenated alkanes) is 1. The van der Waals surface area contributed by atoms with Crippen molar-refractivity contribution in [3.05, 3.63) is 45.7 Å². The fourth-order valence-corrected chi connectivity index (χ4v) is 4.98. The van der Waals surface area contributed by atoms with E-state index in [4.69, 9.17) is 0 Å². The highest BCUT2D eigenvalue weighted by molar-refractivity contribution is 7.89. The molecule has 0 saturated carbocycles. The summed E-state index contributed by atoms with van der Waals surface area (Å²) in [6.07, 6.45) is 1.58. The largest absolute Gasteiger partial charge is 0.322 e. The van der Waals surface area contributed by atoms with Crippen molar-refractivity contribution in [1.82, 2.24) is 14.2 Å². The van der Waals surface area contributed by atoms with Gasteiger partial charge in [0.05, 0.1) is 5.75 Å². The molecule has 0 spiro atoms. The predicted octanol–water partition coefficient (Wildman–Crippen LogP) is 2.08. The highest BCUT2D eigenvalue weighted by Gasteiger charge is 2.26. The molecule has 3 rings (SSSR count). The van der Waals surface area contributed by atoms with Crippen LogP contribution < -0.4 is 5.56 Å². The molecule has 1 aromatic carbocycles. The zero-order valence-electron chi connectivity index (χ0n) is 15.5. The lowest BCUT2D eigenvalue weighted by molar-refractivity contribution is 0.181. The van der Waals surface area contributed by atoms with Crippen molar-refractivity contribution >= 4 is 20.9 Å². The molecule has 0 unspecified atom stereocenters. The summed E-state index contributed by atoms with van der Waals surface area (Å²) in [5.74, 6) is 0.229. The van der Waals surface area contributed by atoms with E-state index in [0.717, 1.165) is 28.5 Å². The van der Waals surface area contributed by atoms with Gasteiger partial charge in [-0.2, -0.15) is 4.31 Å². The maximum atomic E-state index is 12.3. The molecule has 26 heavy (non-hydrogen) atoms. The van der Waals surface area contributed by atoms with E-state index in [1.165, 1.54) is 0 Å². The molecule has 1 N–H and O–H groups in total. The number of sulfonamides is 1. The molecular weight excluding hydrogens is 350 g/mol. The lowest BCUT2D eigenvalue weighted by Gasteiger charge is -2.33. The number of nitrogens with one attached hydrogen (secondary N) is 1. The Hall–Kier alpha value is -1.70. The number of fused-ring (bicyclic) bond motifs is 1. The summed E-state index contributed by atoms with van der Waals surface area (Å²) in [6.45, 7) is 6.86. The predicted molar refractivity (Wildman–Crippen MR) is 105 cm³/mol. The highest BCUT2D eigenvalue weighted by Crippen LogP contribution is 2.16. The van der Waals surface area contributed by atoms with Crippen molar-refractivity contribution in [3.8, 4) is 0 Å². The summed E-state index contributed by atoms with van der Waals surface area (Å²) in [5.41, 5.74) is 2.65. The first-order valence-corrected chi connectivity index (χ1v) is 10.8. The number of H-pyrrole nitrogens is 1. The first kappa shape index (κ1) is 19.1. The van der Waals surface area contributed by atoms with Crippen LogP contribution in [0.1, 0.15) is 30.9 Å². The van der Waals surface area contributed by atoms with Crippen LogP contribution in [0.2, 0.25) is 0 Å². The molecule has 0 bridgehead atoms. The summed E-state index contributed by atoms with van der Waals surface area (Å²) >= 11 is 0. The van der Waals surface area contributed by atoms with Gasteiger partial charge >= 0.3 is 0 Å². The van der Waals surface area contributed by atoms with Crippen LogP contribution in [-0.4, -0.2) is 54.5 Å². The third-order valence-electron chi connectivity index (χ3n) is 4.95. The second-order valence-electron chi connectivity index (χ2n) is 7.06. The van der Waals surface area contributed by atoms with Gasteiger partial charge in [-0.05, 0) is 36.9 Å². The topological polar surface area (TPSA) is 73.5 Å². The molecule has 0 radical (unpaired) electrons. The lowest BCUT2D eigenvalue weighted by atomic mass is 10.1. The summed E-state index contributed by atoms with van der Waals surface area (Å²) in [4.78, 5) is 17.4. The first-order valence-electron chi connectivity index (χ1n) is 9.22. The quantitative estimate of drug-likeness (QED) is 0.837. The Morgan fingerprint density at radius 3 is 2.54 bits per heavy atom. The Morgan fingerprint density at radius 1 is 1.12 bits per heavy atom. The molecule has 1 aromatic heterocycles. The molecule has 7 heteroatoms. The molecule has 1 fully saturated rings. The monoisotopic (exact) mass is 377 g/mol. The number of pyridine rings is 1. The molecule has 1 saturated heterocycles. The number of aromatic nitrogens is 1. The van der Waals surface area contributed by atoms with Crippen molar-refractivity contribution in [2.75, 3.05) is 31.9 Å². The molecule has 0 atom stereocenters. The Kier molecular flexibility index (Phi) is 5.79. The second-order valence-corrected chi connectivity index (χ2v) is 9.15. The number of aromatic amines is 1. The molecular formula is C19H27N3O3S. The van der Waals surface area contributed by atoms with Crippen LogP contribution in [0.3, 0.4) is 0 Å². The zero-order chi connectivity index (χ0) is 18.7. The average Bonchev–Trinajstić information content (AvgIpc) is 2.61. The van der Waals surface area contributed by atoms with Crippen molar-refractivity contribution in [3.63, 3.8) is 0 Å². The normalized spacial score (nSPS) is 17.0. The van der Waals surface area contributed by atoms with Crippen molar-refractivity contribution in [2.45, 2.75) is 33.2 Å². The number of rotatable bonds is 6. The maximum absolute atomic E-state index is 12.3. The van der Waals surface area contributed by atoms with Crippen LogP contribution in [-0.2, 0) is 16.6 Å². The van der Waals surface area contributed by atoms with Crippen LogP contribution in [0.15, 0.2) is 29.1 Å². The maximum Gasteiger partial charge on any atom is 0.252 e. The Morgan fingerprint density at radius 2 is 1.85 bits per heavy atom. The summed E-state index contributed by atoms with van der Waals surface area (Å²) in [7, 11) is -3.14. The van der Waals surface area contributed by atoms with Gasteiger partial charge in [0.15, 0.2) is 0 Å². The molecule has 1 aliphatic heterocycles. The Labute approximate surface area is 154 Å². The number of aryl methyl sites for hydroxylation is 1. The minimum Gasteiger partial charge on any atom is -0.322 e. The molecule has 142 valence electrons. The fourth-order valence-electron chi connectivity index (χ4n) is 3.35. The van der Waals surface area contributed by atoms with Gasteiger partial charge in [0.25, 0.3) is 5.56 Å². The van der Waals surface area contributed by atoms with Gasteiger partial charge in [-0.3, -0.25) is 9.69 Å². The molecule has 0 amide bonds. The number of hydrogen-bond acceptors (Lipinski definition) is 4. The smallest absolute Gasteiger partial charge is 0.252 e. The standard InChI is InChI=1S/C19H27N3O3S/c1-3-4-11-26(24,25)22-9-7-21(8-10-22)14-17-13-16-12-15(2)5-6-18(16)20-19(17)23/h5-6,12-13H,3-4,7-11,14H2,1-2H3,(H,20,23). The van der Waals surface area contributed by atoms with Crippen LogP contribution >= 0.6 is 0 Å². The minimum atomic E-state index is -3.14. The lowest BCUT2D eigenvalue weighted by Crippen LogP contribution is -2.49. The van der Waals surface area contributed by atoms with Gasteiger partial charge in [0, 0.05) is 43.8 Å². The van der Waals surface area contributed by atoms with E-state index in [1.54, 1.807) is 4.31 Å². The van der Waals surface area contributed by atoms with Gasteiger partial charge < -0.3 is 4.98 Å². The van der Waals surface area contributed by atoms with Crippen LogP contribution in [0.25, 0.3) is 10.9 Å². The zero-order valence-corrected chi connectivity index (χ0v) is 16.3. The Balaban J connectivity index is 1.67. The minimum absolute atomic E-state index is 0.0700. The van der Waals surface area contributed by atoms with Crippen LogP contribution in [0, 0.1) is 6.92 Å². The van der Waals surface area contributed by atoms with E-state index in [-0.39, 0.29) is 11.3 Å². The third-order valence-corrected chi connectivity index (χ3v) is 6.91. The molecule has 6 nitrogen and oxygen atoms in total. The molecule has 1 aliphatic rings. The van der Waals surface area contributed by atoms with E-state index in [2.05, 4.69) is 16.0 Å². The third kappa shape index (κ3) is 4.34. The van der Waals surface area contributed by atoms with E-state index in [0.29, 0.717) is 39.1 Å². The van der Waals surface area contributed by atoms with Gasteiger partial charge in [0.1, 0.15) is 0 Å². The van der Waals surface area contributed by atoms with E-state index < -0.39 is 10.0 Å².